The average Bonchev–Trinajstić information content (AvgIpc) is 2.53. The van der Waals surface area contributed by atoms with Crippen molar-refractivity contribution in [1.82, 2.24) is 15.1 Å². The molecule has 3 aliphatic rings. The van der Waals surface area contributed by atoms with Crippen molar-refractivity contribution in [2.24, 2.45) is 0 Å². The van der Waals surface area contributed by atoms with E-state index in [0.29, 0.717) is 5.91 Å². The summed E-state index contributed by atoms with van der Waals surface area (Å²) in [7, 11) is 0. The minimum atomic E-state index is -0.0369. The van der Waals surface area contributed by atoms with Crippen LogP contribution >= 0.6 is 0 Å². The largest absolute Gasteiger partial charge is 0.339 e. The van der Waals surface area contributed by atoms with Crippen LogP contribution in [0, 0.1) is 0 Å². The Morgan fingerprint density at radius 2 is 1.77 bits per heavy atom. The summed E-state index contributed by atoms with van der Waals surface area (Å²) < 4.78 is 0. The second-order valence-electron chi connectivity index (χ2n) is 6.85. The van der Waals surface area contributed by atoms with Crippen molar-refractivity contribution < 1.29 is 4.79 Å². The molecule has 1 N–H and O–H groups in total. The van der Waals surface area contributed by atoms with Gasteiger partial charge in [-0.1, -0.05) is 30.7 Å². The molecule has 2 aliphatic heterocycles. The highest BCUT2D eigenvalue weighted by Crippen LogP contribution is 2.26. The molecule has 0 radical (unpaired) electrons. The molecule has 1 aromatic carbocycles. The van der Waals surface area contributed by atoms with Gasteiger partial charge in [0.15, 0.2) is 0 Å². The first-order valence-corrected chi connectivity index (χ1v) is 8.64. The zero-order valence-corrected chi connectivity index (χ0v) is 13.1. The average molecular weight is 299 g/mol. The summed E-state index contributed by atoms with van der Waals surface area (Å²) in [5.74, 6) is 0.294. The fourth-order valence-electron chi connectivity index (χ4n) is 3.91. The summed E-state index contributed by atoms with van der Waals surface area (Å²) in [6, 6.07) is 9.22. The van der Waals surface area contributed by atoms with Crippen molar-refractivity contribution in [3.63, 3.8) is 0 Å². The smallest absolute Gasteiger partial charge is 0.240 e. The summed E-state index contributed by atoms with van der Waals surface area (Å²) in [5.41, 5.74) is 2.66. The lowest BCUT2D eigenvalue weighted by Gasteiger charge is -2.43. The van der Waals surface area contributed by atoms with Crippen LogP contribution in [-0.2, 0) is 17.8 Å². The number of fused-ring (bicyclic) bond motifs is 1. The van der Waals surface area contributed by atoms with Crippen LogP contribution in [0.1, 0.15) is 30.4 Å². The minimum absolute atomic E-state index is 0.0369. The lowest BCUT2D eigenvalue weighted by Crippen LogP contribution is -2.57. The lowest BCUT2D eigenvalue weighted by molar-refractivity contribution is -0.136. The minimum Gasteiger partial charge on any atom is -0.339 e. The highest BCUT2D eigenvalue weighted by atomic mass is 16.2. The topological polar surface area (TPSA) is 35.6 Å². The highest BCUT2D eigenvalue weighted by molar-refractivity contribution is 5.82. The maximum atomic E-state index is 12.8. The highest BCUT2D eigenvalue weighted by Gasteiger charge is 2.32. The third-order valence-corrected chi connectivity index (χ3v) is 5.60. The summed E-state index contributed by atoms with van der Waals surface area (Å²) in [6.07, 6.45) is 4.93. The van der Waals surface area contributed by atoms with E-state index in [1.807, 2.05) is 0 Å². The molecular weight excluding hydrogens is 274 g/mol. The molecule has 22 heavy (non-hydrogen) atoms. The van der Waals surface area contributed by atoms with Crippen LogP contribution in [-0.4, -0.2) is 54.0 Å². The van der Waals surface area contributed by atoms with Gasteiger partial charge in [-0.3, -0.25) is 9.69 Å². The van der Waals surface area contributed by atoms with Crippen LogP contribution < -0.4 is 5.32 Å². The van der Waals surface area contributed by atoms with Gasteiger partial charge in [-0.15, -0.1) is 0 Å². The van der Waals surface area contributed by atoms with Crippen molar-refractivity contribution >= 4 is 5.91 Å². The van der Waals surface area contributed by atoms with Crippen LogP contribution in [0.25, 0.3) is 0 Å². The summed E-state index contributed by atoms with van der Waals surface area (Å²) in [5, 5.41) is 3.42. The molecule has 118 valence electrons. The number of benzene rings is 1. The standard InChI is InChI=1S/C18H25N3O/c22-18(17-12-14-4-1-2-5-15(14)13-19-17)21-10-8-20(9-11-21)16-6-3-7-16/h1-2,4-5,16-17,19H,3,6-13H2. The molecule has 1 amide bonds. The molecule has 1 saturated carbocycles. The van der Waals surface area contributed by atoms with E-state index in [-0.39, 0.29) is 6.04 Å². The molecule has 1 atom stereocenters. The Kier molecular flexibility index (Phi) is 3.89. The monoisotopic (exact) mass is 299 g/mol. The van der Waals surface area contributed by atoms with E-state index in [0.717, 1.165) is 45.2 Å². The van der Waals surface area contributed by atoms with Gasteiger partial charge in [-0.05, 0) is 30.4 Å². The Hall–Kier alpha value is -1.39. The fraction of sp³-hybridized carbons (Fsp3) is 0.611. The Morgan fingerprint density at radius 3 is 2.45 bits per heavy atom. The first-order chi connectivity index (χ1) is 10.8. The number of carbonyl (C=O) groups excluding carboxylic acids is 1. The number of nitrogens with one attached hydrogen (secondary N) is 1. The van der Waals surface area contributed by atoms with Gasteiger partial charge in [-0.2, -0.15) is 0 Å². The van der Waals surface area contributed by atoms with Crippen LogP contribution in [0.15, 0.2) is 24.3 Å². The van der Waals surface area contributed by atoms with Crippen molar-refractivity contribution in [3.8, 4) is 0 Å². The molecule has 4 nitrogen and oxygen atoms in total. The van der Waals surface area contributed by atoms with Gasteiger partial charge in [0.1, 0.15) is 0 Å². The predicted molar refractivity (Wildman–Crippen MR) is 86.6 cm³/mol. The summed E-state index contributed by atoms with van der Waals surface area (Å²) in [4.78, 5) is 17.4. The number of carbonyl (C=O) groups is 1. The third-order valence-electron chi connectivity index (χ3n) is 5.60. The van der Waals surface area contributed by atoms with Gasteiger partial charge < -0.3 is 10.2 Å². The molecule has 4 heteroatoms. The van der Waals surface area contributed by atoms with E-state index < -0.39 is 0 Å². The quantitative estimate of drug-likeness (QED) is 0.896. The lowest BCUT2D eigenvalue weighted by atomic mass is 9.91. The van der Waals surface area contributed by atoms with E-state index in [1.54, 1.807) is 0 Å². The Bertz CT molecular complexity index is 547. The molecule has 0 spiro atoms. The summed E-state index contributed by atoms with van der Waals surface area (Å²) >= 11 is 0. The Balaban J connectivity index is 1.35. The number of amides is 1. The molecule has 1 unspecified atom stereocenters. The fourth-order valence-corrected chi connectivity index (χ4v) is 3.91. The molecular formula is C18H25N3O. The number of hydrogen-bond acceptors (Lipinski definition) is 3. The number of piperazine rings is 1. The zero-order valence-electron chi connectivity index (χ0n) is 13.1. The molecule has 2 fully saturated rings. The Labute approximate surface area is 132 Å². The molecule has 0 bridgehead atoms. The van der Waals surface area contributed by atoms with Gasteiger partial charge >= 0.3 is 0 Å². The van der Waals surface area contributed by atoms with Gasteiger partial charge in [-0.25, -0.2) is 0 Å². The van der Waals surface area contributed by atoms with E-state index in [1.165, 1.54) is 30.4 Å². The first-order valence-electron chi connectivity index (χ1n) is 8.64. The summed E-state index contributed by atoms with van der Waals surface area (Å²) in [6.45, 7) is 4.72. The van der Waals surface area contributed by atoms with Crippen LogP contribution in [0.4, 0.5) is 0 Å². The maximum Gasteiger partial charge on any atom is 0.240 e. The second kappa shape index (κ2) is 6.01. The molecule has 1 saturated heterocycles. The van der Waals surface area contributed by atoms with Gasteiger partial charge in [0, 0.05) is 38.8 Å². The molecule has 2 heterocycles. The first kappa shape index (κ1) is 14.2. The van der Waals surface area contributed by atoms with Gasteiger partial charge in [0.25, 0.3) is 0 Å². The van der Waals surface area contributed by atoms with Crippen molar-refractivity contribution in [2.45, 2.75) is 44.3 Å². The Morgan fingerprint density at radius 1 is 1.05 bits per heavy atom. The number of rotatable bonds is 2. The number of hydrogen-bond donors (Lipinski definition) is 1. The normalized spacial score (nSPS) is 26.4. The van der Waals surface area contributed by atoms with E-state index >= 15 is 0 Å². The van der Waals surface area contributed by atoms with Crippen molar-refractivity contribution in [3.05, 3.63) is 35.4 Å². The van der Waals surface area contributed by atoms with Gasteiger partial charge in [0.2, 0.25) is 5.91 Å². The van der Waals surface area contributed by atoms with E-state index in [2.05, 4.69) is 39.4 Å². The molecule has 1 aliphatic carbocycles. The van der Waals surface area contributed by atoms with Crippen molar-refractivity contribution in [1.29, 1.82) is 0 Å². The van der Waals surface area contributed by atoms with E-state index in [4.69, 9.17) is 0 Å². The van der Waals surface area contributed by atoms with Crippen LogP contribution in [0.2, 0.25) is 0 Å². The van der Waals surface area contributed by atoms with E-state index in [9.17, 15) is 4.79 Å². The van der Waals surface area contributed by atoms with Crippen LogP contribution in [0.3, 0.4) is 0 Å². The SMILES string of the molecule is O=C(C1Cc2ccccc2CN1)N1CCN(C2CCC2)CC1. The zero-order chi connectivity index (χ0) is 14.9. The molecule has 0 aromatic heterocycles. The van der Waals surface area contributed by atoms with Crippen LogP contribution in [0.5, 0.6) is 0 Å². The third kappa shape index (κ3) is 2.66. The predicted octanol–water partition coefficient (Wildman–Crippen LogP) is 1.40. The second-order valence-corrected chi connectivity index (χ2v) is 6.85. The van der Waals surface area contributed by atoms with Gasteiger partial charge in [0.05, 0.1) is 6.04 Å². The van der Waals surface area contributed by atoms with Crippen molar-refractivity contribution in [2.75, 3.05) is 26.2 Å². The maximum absolute atomic E-state index is 12.8. The molecule has 1 aromatic rings. The molecule has 4 rings (SSSR count). The number of nitrogens with zero attached hydrogens (tertiary/aromatic N) is 2.